The quantitative estimate of drug-likeness (QED) is 0.805. The zero-order valence-electron chi connectivity index (χ0n) is 9.40. The van der Waals surface area contributed by atoms with Crippen LogP contribution in [0, 0.1) is 0 Å². The lowest BCUT2D eigenvalue weighted by Crippen LogP contribution is -2.28. The Kier molecular flexibility index (Phi) is 3.07. The molecule has 1 N–H and O–H groups in total. The van der Waals surface area contributed by atoms with Gasteiger partial charge >= 0.3 is 0 Å². The average Bonchev–Trinajstić information content (AvgIpc) is 2.62. The van der Waals surface area contributed by atoms with Gasteiger partial charge in [0.25, 0.3) is 0 Å². The van der Waals surface area contributed by atoms with E-state index in [0.29, 0.717) is 6.04 Å². The van der Waals surface area contributed by atoms with Gasteiger partial charge in [0, 0.05) is 29.9 Å². The van der Waals surface area contributed by atoms with Crippen molar-refractivity contribution in [2.45, 2.75) is 26.3 Å². The van der Waals surface area contributed by atoms with Gasteiger partial charge in [0.1, 0.15) is 0 Å². The molecule has 0 aliphatic heterocycles. The van der Waals surface area contributed by atoms with Crippen molar-refractivity contribution in [1.82, 2.24) is 9.72 Å². The Morgan fingerprint density at radius 1 is 1.27 bits per heavy atom. The van der Waals surface area contributed by atoms with Crippen molar-refractivity contribution in [3.8, 4) is 0 Å². The van der Waals surface area contributed by atoms with Crippen LogP contribution in [0.25, 0.3) is 5.52 Å². The van der Waals surface area contributed by atoms with Crippen LogP contribution < -0.4 is 5.32 Å². The second-order valence-corrected chi connectivity index (χ2v) is 3.98. The standard InChI is InChI=1S/C13H18N2/c1-3-14-11(2)10-13-8-7-12-6-4-5-9-15(12)13/h4-9,11,14H,3,10H2,1-2H3. The number of aromatic nitrogens is 1. The third-order valence-corrected chi connectivity index (χ3v) is 2.72. The van der Waals surface area contributed by atoms with E-state index in [9.17, 15) is 0 Å². The largest absolute Gasteiger partial charge is 0.321 e. The van der Waals surface area contributed by atoms with Crippen LogP contribution in [0.5, 0.6) is 0 Å². The molecule has 1 atom stereocenters. The molecule has 0 spiro atoms. The minimum atomic E-state index is 0.535. The molecular weight excluding hydrogens is 184 g/mol. The minimum Gasteiger partial charge on any atom is -0.321 e. The number of nitrogens with zero attached hydrogens (tertiary/aromatic N) is 1. The predicted octanol–water partition coefficient (Wildman–Crippen LogP) is 2.48. The average molecular weight is 202 g/mol. The van der Waals surface area contributed by atoms with Gasteiger partial charge in [0.2, 0.25) is 0 Å². The molecule has 80 valence electrons. The topological polar surface area (TPSA) is 16.4 Å². The van der Waals surface area contributed by atoms with Crippen molar-refractivity contribution in [2.75, 3.05) is 6.54 Å². The van der Waals surface area contributed by atoms with Crippen molar-refractivity contribution < 1.29 is 0 Å². The molecule has 2 rings (SSSR count). The molecule has 0 aliphatic rings. The summed E-state index contributed by atoms with van der Waals surface area (Å²) in [7, 11) is 0. The lowest BCUT2D eigenvalue weighted by atomic mass is 10.2. The lowest BCUT2D eigenvalue weighted by molar-refractivity contribution is 0.558. The molecule has 2 nitrogen and oxygen atoms in total. The Morgan fingerprint density at radius 2 is 2.13 bits per heavy atom. The smallest absolute Gasteiger partial charge is 0.0452 e. The highest BCUT2D eigenvalue weighted by Crippen LogP contribution is 2.11. The van der Waals surface area contributed by atoms with Gasteiger partial charge in [-0.1, -0.05) is 13.0 Å². The van der Waals surface area contributed by atoms with Gasteiger partial charge in [-0.3, -0.25) is 0 Å². The molecule has 2 heteroatoms. The first-order valence-corrected chi connectivity index (χ1v) is 5.59. The van der Waals surface area contributed by atoms with E-state index >= 15 is 0 Å². The van der Waals surface area contributed by atoms with Crippen molar-refractivity contribution >= 4 is 5.52 Å². The van der Waals surface area contributed by atoms with E-state index in [2.05, 4.69) is 60.1 Å². The van der Waals surface area contributed by atoms with E-state index in [0.717, 1.165) is 13.0 Å². The SMILES string of the molecule is CCNC(C)Cc1ccc2ccccn12. The number of nitrogens with one attached hydrogen (secondary N) is 1. The highest BCUT2D eigenvalue weighted by atomic mass is 14.9. The van der Waals surface area contributed by atoms with Crippen LogP contribution in [0.3, 0.4) is 0 Å². The van der Waals surface area contributed by atoms with Gasteiger partial charge in [0.15, 0.2) is 0 Å². The maximum atomic E-state index is 3.44. The molecule has 0 bridgehead atoms. The molecule has 1 unspecified atom stereocenters. The normalized spacial score (nSPS) is 13.2. The van der Waals surface area contributed by atoms with Crippen LogP contribution in [-0.4, -0.2) is 17.0 Å². The molecule has 15 heavy (non-hydrogen) atoms. The summed E-state index contributed by atoms with van der Waals surface area (Å²) < 4.78 is 2.26. The summed E-state index contributed by atoms with van der Waals surface area (Å²) in [6.07, 6.45) is 3.20. The van der Waals surface area contributed by atoms with Crippen molar-refractivity contribution in [3.63, 3.8) is 0 Å². The first-order chi connectivity index (χ1) is 7.31. The molecular formula is C13H18N2. The highest BCUT2D eigenvalue weighted by molar-refractivity contribution is 5.49. The van der Waals surface area contributed by atoms with Crippen LogP contribution >= 0.6 is 0 Å². The number of fused-ring (bicyclic) bond motifs is 1. The molecule has 2 aromatic rings. The molecule has 0 aliphatic carbocycles. The van der Waals surface area contributed by atoms with Crippen molar-refractivity contribution in [3.05, 3.63) is 42.2 Å². The van der Waals surface area contributed by atoms with Gasteiger partial charge in [-0.2, -0.15) is 0 Å². The Bertz CT molecular complexity index is 431. The summed E-state index contributed by atoms with van der Waals surface area (Å²) in [5.41, 5.74) is 2.65. The summed E-state index contributed by atoms with van der Waals surface area (Å²) in [5, 5.41) is 3.44. The Labute approximate surface area is 90.9 Å². The second-order valence-electron chi connectivity index (χ2n) is 3.98. The van der Waals surface area contributed by atoms with Gasteiger partial charge in [-0.25, -0.2) is 0 Å². The number of pyridine rings is 1. The fourth-order valence-corrected chi connectivity index (χ4v) is 2.02. The molecule has 0 fully saturated rings. The number of rotatable bonds is 4. The molecule has 0 amide bonds. The van der Waals surface area contributed by atoms with Gasteiger partial charge in [-0.05, 0) is 37.7 Å². The molecule has 0 saturated heterocycles. The van der Waals surface area contributed by atoms with E-state index < -0.39 is 0 Å². The zero-order chi connectivity index (χ0) is 10.7. The monoisotopic (exact) mass is 202 g/mol. The Balaban J connectivity index is 2.21. The summed E-state index contributed by atoms with van der Waals surface area (Å²) in [4.78, 5) is 0. The maximum Gasteiger partial charge on any atom is 0.0452 e. The van der Waals surface area contributed by atoms with E-state index in [4.69, 9.17) is 0 Å². The molecule has 0 aromatic carbocycles. The van der Waals surface area contributed by atoms with E-state index in [1.165, 1.54) is 11.2 Å². The van der Waals surface area contributed by atoms with Crippen LogP contribution in [0.4, 0.5) is 0 Å². The number of likely N-dealkylation sites (N-methyl/N-ethyl adjacent to an activating group) is 1. The summed E-state index contributed by atoms with van der Waals surface area (Å²) in [6.45, 7) is 5.41. The van der Waals surface area contributed by atoms with Crippen LogP contribution in [0.15, 0.2) is 36.5 Å². The van der Waals surface area contributed by atoms with Gasteiger partial charge < -0.3 is 9.72 Å². The summed E-state index contributed by atoms with van der Waals surface area (Å²) in [6, 6.07) is 11.2. The highest BCUT2D eigenvalue weighted by Gasteiger charge is 2.05. The minimum absolute atomic E-state index is 0.535. The van der Waals surface area contributed by atoms with E-state index in [1.807, 2.05) is 0 Å². The fourth-order valence-electron chi connectivity index (χ4n) is 2.02. The first kappa shape index (κ1) is 10.2. The molecule has 0 saturated carbocycles. The second kappa shape index (κ2) is 4.49. The summed E-state index contributed by atoms with van der Waals surface area (Å²) in [5.74, 6) is 0. The zero-order valence-corrected chi connectivity index (χ0v) is 9.40. The predicted molar refractivity (Wildman–Crippen MR) is 64.2 cm³/mol. The molecule has 2 heterocycles. The molecule has 2 aromatic heterocycles. The van der Waals surface area contributed by atoms with E-state index in [-0.39, 0.29) is 0 Å². The fraction of sp³-hybridized carbons (Fsp3) is 0.385. The third-order valence-electron chi connectivity index (χ3n) is 2.72. The van der Waals surface area contributed by atoms with Crippen molar-refractivity contribution in [1.29, 1.82) is 0 Å². The number of hydrogen-bond acceptors (Lipinski definition) is 1. The maximum absolute atomic E-state index is 3.44. The van der Waals surface area contributed by atoms with Crippen LogP contribution in [-0.2, 0) is 6.42 Å². The van der Waals surface area contributed by atoms with Crippen LogP contribution in [0.2, 0.25) is 0 Å². The first-order valence-electron chi connectivity index (χ1n) is 5.59. The molecule has 0 radical (unpaired) electrons. The number of hydrogen-bond donors (Lipinski definition) is 1. The van der Waals surface area contributed by atoms with E-state index in [1.54, 1.807) is 0 Å². The Hall–Kier alpha value is -1.28. The van der Waals surface area contributed by atoms with Crippen molar-refractivity contribution in [2.24, 2.45) is 0 Å². The van der Waals surface area contributed by atoms with Crippen LogP contribution in [0.1, 0.15) is 19.5 Å². The summed E-state index contributed by atoms with van der Waals surface area (Å²) >= 11 is 0. The van der Waals surface area contributed by atoms with Gasteiger partial charge in [-0.15, -0.1) is 0 Å². The third kappa shape index (κ3) is 2.21. The van der Waals surface area contributed by atoms with Gasteiger partial charge in [0.05, 0.1) is 0 Å². The Morgan fingerprint density at radius 3 is 2.93 bits per heavy atom. The lowest BCUT2D eigenvalue weighted by Gasteiger charge is -2.12.